The number of rotatable bonds is 4. The fourth-order valence-corrected chi connectivity index (χ4v) is 1.60. The van der Waals surface area contributed by atoms with Crippen molar-refractivity contribution in [3.05, 3.63) is 30.3 Å². The SMILES string of the molecule is COc1cc(Nc2ccc(NC(C)=O)cc2)nc(N)n1. The minimum atomic E-state index is -0.112. The average molecular weight is 273 g/mol. The minimum Gasteiger partial charge on any atom is -0.481 e. The van der Waals surface area contributed by atoms with E-state index in [1.165, 1.54) is 14.0 Å². The number of carbonyl (C=O) groups excluding carboxylic acids is 1. The predicted octanol–water partition coefficient (Wildman–Crippen LogP) is 1.77. The summed E-state index contributed by atoms with van der Waals surface area (Å²) in [5.41, 5.74) is 7.11. The van der Waals surface area contributed by atoms with Crippen LogP contribution in [-0.4, -0.2) is 23.0 Å². The highest BCUT2D eigenvalue weighted by molar-refractivity contribution is 5.88. The van der Waals surface area contributed by atoms with Crippen molar-refractivity contribution >= 4 is 29.0 Å². The maximum Gasteiger partial charge on any atom is 0.225 e. The first kappa shape index (κ1) is 13.6. The zero-order valence-electron chi connectivity index (χ0n) is 11.2. The van der Waals surface area contributed by atoms with Crippen molar-refractivity contribution in [1.29, 1.82) is 0 Å². The van der Waals surface area contributed by atoms with E-state index in [-0.39, 0.29) is 11.9 Å². The lowest BCUT2D eigenvalue weighted by Gasteiger charge is -2.08. The summed E-state index contributed by atoms with van der Waals surface area (Å²) in [6, 6.07) is 8.83. The Balaban J connectivity index is 2.13. The summed E-state index contributed by atoms with van der Waals surface area (Å²) in [5, 5.41) is 5.77. The molecule has 0 bridgehead atoms. The summed E-state index contributed by atoms with van der Waals surface area (Å²) in [6.45, 7) is 1.46. The van der Waals surface area contributed by atoms with Crippen molar-refractivity contribution in [3.63, 3.8) is 0 Å². The quantitative estimate of drug-likeness (QED) is 0.784. The number of amides is 1. The topological polar surface area (TPSA) is 102 Å². The molecule has 0 spiro atoms. The van der Waals surface area contributed by atoms with Gasteiger partial charge >= 0.3 is 0 Å². The van der Waals surface area contributed by atoms with Crippen molar-refractivity contribution in [2.75, 3.05) is 23.5 Å². The fraction of sp³-hybridized carbons (Fsp3) is 0.154. The molecule has 0 saturated carbocycles. The molecule has 1 heterocycles. The summed E-state index contributed by atoms with van der Waals surface area (Å²) in [4.78, 5) is 18.9. The van der Waals surface area contributed by atoms with Gasteiger partial charge in [-0.15, -0.1) is 0 Å². The molecular formula is C13H15N5O2. The molecular weight excluding hydrogens is 258 g/mol. The van der Waals surface area contributed by atoms with Gasteiger partial charge in [0.05, 0.1) is 7.11 Å². The summed E-state index contributed by atoms with van der Waals surface area (Å²) in [7, 11) is 1.51. The molecule has 4 N–H and O–H groups in total. The van der Waals surface area contributed by atoms with Gasteiger partial charge in [0, 0.05) is 24.4 Å². The van der Waals surface area contributed by atoms with E-state index in [4.69, 9.17) is 10.5 Å². The maximum absolute atomic E-state index is 10.9. The van der Waals surface area contributed by atoms with Gasteiger partial charge in [0.15, 0.2) is 0 Å². The van der Waals surface area contributed by atoms with E-state index in [1.807, 2.05) is 12.1 Å². The van der Waals surface area contributed by atoms with E-state index in [9.17, 15) is 4.79 Å². The summed E-state index contributed by atoms with van der Waals surface area (Å²) >= 11 is 0. The lowest BCUT2D eigenvalue weighted by Crippen LogP contribution is -2.05. The number of hydrogen-bond donors (Lipinski definition) is 3. The summed E-state index contributed by atoms with van der Waals surface area (Å²) in [5.74, 6) is 0.928. The number of nitrogen functional groups attached to an aromatic ring is 1. The Morgan fingerprint density at radius 3 is 2.45 bits per heavy atom. The van der Waals surface area contributed by atoms with Gasteiger partial charge in [-0.1, -0.05) is 0 Å². The van der Waals surface area contributed by atoms with Gasteiger partial charge in [-0.05, 0) is 24.3 Å². The molecule has 1 aromatic heterocycles. The first-order chi connectivity index (χ1) is 9.56. The molecule has 7 heteroatoms. The molecule has 7 nitrogen and oxygen atoms in total. The van der Waals surface area contributed by atoms with Gasteiger partial charge in [-0.25, -0.2) is 0 Å². The maximum atomic E-state index is 10.9. The Kier molecular flexibility index (Phi) is 3.99. The van der Waals surface area contributed by atoms with E-state index < -0.39 is 0 Å². The van der Waals surface area contributed by atoms with Gasteiger partial charge < -0.3 is 21.1 Å². The number of aromatic nitrogens is 2. The Morgan fingerprint density at radius 2 is 1.85 bits per heavy atom. The first-order valence-electron chi connectivity index (χ1n) is 5.90. The molecule has 20 heavy (non-hydrogen) atoms. The van der Waals surface area contributed by atoms with Gasteiger partial charge in [0.25, 0.3) is 0 Å². The van der Waals surface area contributed by atoms with Crippen LogP contribution in [0.1, 0.15) is 6.92 Å². The summed E-state index contributed by atoms with van der Waals surface area (Å²) < 4.78 is 5.02. The van der Waals surface area contributed by atoms with Crippen molar-refractivity contribution in [2.45, 2.75) is 6.92 Å². The highest BCUT2D eigenvalue weighted by Crippen LogP contribution is 2.20. The smallest absolute Gasteiger partial charge is 0.225 e. The second-order valence-electron chi connectivity index (χ2n) is 4.04. The highest BCUT2D eigenvalue weighted by Gasteiger charge is 2.03. The van der Waals surface area contributed by atoms with Crippen LogP contribution in [0.15, 0.2) is 30.3 Å². The largest absolute Gasteiger partial charge is 0.481 e. The number of nitrogens with one attached hydrogen (secondary N) is 2. The van der Waals surface area contributed by atoms with Crippen LogP contribution in [0.2, 0.25) is 0 Å². The van der Waals surface area contributed by atoms with Crippen LogP contribution >= 0.6 is 0 Å². The van der Waals surface area contributed by atoms with Crippen LogP contribution in [-0.2, 0) is 4.79 Å². The van der Waals surface area contributed by atoms with Crippen LogP contribution < -0.4 is 21.1 Å². The number of nitrogens with zero attached hydrogens (tertiary/aromatic N) is 2. The van der Waals surface area contributed by atoms with Gasteiger partial charge in [0.2, 0.25) is 17.7 Å². The normalized spacial score (nSPS) is 9.90. The molecule has 1 amide bonds. The molecule has 0 saturated heterocycles. The Morgan fingerprint density at radius 1 is 1.20 bits per heavy atom. The van der Waals surface area contributed by atoms with Crippen molar-refractivity contribution in [1.82, 2.24) is 9.97 Å². The van der Waals surface area contributed by atoms with E-state index >= 15 is 0 Å². The highest BCUT2D eigenvalue weighted by atomic mass is 16.5. The zero-order chi connectivity index (χ0) is 14.5. The van der Waals surface area contributed by atoms with Crippen LogP contribution in [0, 0.1) is 0 Å². The molecule has 2 rings (SSSR count). The zero-order valence-corrected chi connectivity index (χ0v) is 11.2. The van der Waals surface area contributed by atoms with Crippen molar-refractivity contribution < 1.29 is 9.53 Å². The number of hydrogen-bond acceptors (Lipinski definition) is 6. The molecule has 0 atom stereocenters. The van der Waals surface area contributed by atoms with E-state index in [1.54, 1.807) is 18.2 Å². The van der Waals surface area contributed by atoms with Crippen molar-refractivity contribution in [2.24, 2.45) is 0 Å². The molecule has 0 radical (unpaired) electrons. The standard InChI is InChI=1S/C13H15N5O2/c1-8(19)15-9-3-5-10(6-4-9)16-11-7-12(20-2)18-13(14)17-11/h3-7H,1-2H3,(H,15,19)(H3,14,16,17,18). The third-order valence-electron chi connectivity index (χ3n) is 2.41. The fourth-order valence-electron chi connectivity index (χ4n) is 1.60. The van der Waals surface area contributed by atoms with E-state index in [2.05, 4.69) is 20.6 Å². The lowest BCUT2D eigenvalue weighted by molar-refractivity contribution is -0.114. The number of benzene rings is 1. The van der Waals surface area contributed by atoms with Crippen LogP contribution in [0.4, 0.5) is 23.1 Å². The number of anilines is 4. The average Bonchev–Trinajstić information content (AvgIpc) is 2.39. The number of carbonyl (C=O) groups is 1. The van der Waals surface area contributed by atoms with E-state index in [0.717, 1.165) is 11.4 Å². The Bertz CT molecular complexity index is 613. The Labute approximate surface area is 116 Å². The van der Waals surface area contributed by atoms with Crippen LogP contribution in [0.5, 0.6) is 5.88 Å². The minimum absolute atomic E-state index is 0.112. The molecule has 0 fully saturated rings. The third kappa shape index (κ3) is 3.58. The molecule has 104 valence electrons. The summed E-state index contributed by atoms with van der Waals surface area (Å²) in [6.07, 6.45) is 0. The molecule has 0 aliphatic rings. The van der Waals surface area contributed by atoms with Crippen molar-refractivity contribution in [3.8, 4) is 5.88 Å². The Hall–Kier alpha value is -2.83. The van der Waals surface area contributed by atoms with E-state index in [0.29, 0.717) is 11.7 Å². The first-order valence-corrected chi connectivity index (χ1v) is 5.90. The van der Waals surface area contributed by atoms with Crippen LogP contribution in [0.25, 0.3) is 0 Å². The third-order valence-corrected chi connectivity index (χ3v) is 2.41. The second kappa shape index (κ2) is 5.87. The second-order valence-corrected chi connectivity index (χ2v) is 4.04. The predicted molar refractivity (Wildman–Crippen MR) is 77.0 cm³/mol. The monoisotopic (exact) mass is 273 g/mol. The number of ether oxygens (including phenoxy) is 1. The molecule has 0 aliphatic heterocycles. The van der Waals surface area contributed by atoms with Gasteiger partial charge in [-0.3, -0.25) is 4.79 Å². The van der Waals surface area contributed by atoms with Gasteiger partial charge in [0.1, 0.15) is 5.82 Å². The van der Waals surface area contributed by atoms with Gasteiger partial charge in [-0.2, -0.15) is 9.97 Å². The number of methoxy groups -OCH3 is 1. The molecule has 1 aromatic carbocycles. The molecule has 0 unspecified atom stereocenters. The molecule has 2 aromatic rings. The molecule has 0 aliphatic carbocycles. The van der Waals surface area contributed by atoms with Crippen LogP contribution in [0.3, 0.4) is 0 Å². The number of nitrogens with two attached hydrogens (primary N) is 1. The lowest BCUT2D eigenvalue weighted by atomic mass is 10.2.